The number of hydrogen-bond acceptors (Lipinski definition) is 5. The molecule has 0 radical (unpaired) electrons. The van der Waals surface area contributed by atoms with Crippen LogP contribution in [0.1, 0.15) is 25.7 Å². The van der Waals surface area contributed by atoms with Crippen LogP contribution < -0.4 is 15.4 Å². The lowest BCUT2D eigenvalue weighted by Crippen LogP contribution is -2.44. The maximum atomic E-state index is 12.2. The van der Waals surface area contributed by atoms with E-state index in [1.165, 1.54) is 31.0 Å². The fraction of sp³-hybridized carbons (Fsp3) is 0.533. The highest BCUT2D eigenvalue weighted by atomic mass is 127. The Balaban J connectivity index is 0.00000338. The van der Waals surface area contributed by atoms with Crippen molar-refractivity contribution in [1.82, 2.24) is 15.4 Å². The van der Waals surface area contributed by atoms with Gasteiger partial charge < -0.3 is 10.6 Å². The molecule has 1 saturated carbocycles. The van der Waals surface area contributed by atoms with E-state index >= 15 is 0 Å². The number of guanidine groups is 1. The number of halogens is 1. The second-order valence-electron chi connectivity index (χ2n) is 5.78. The summed E-state index contributed by atoms with van der Waals surface area (Å²) in [6, 6.07) is 5.37. The van der Waals surface area contributed by atoms with E-state index < -0.39 is 14.9 Å². The van der Waals surface area contributed by atoms with Crippen LogP contribution >= 0.6 is 24.0 Å². The van der Waals surface area contributed by atoms with Crippen LogP contribution in [0.5, 0.6) is 0 Å². The summed E-state index contributed by atoms with van der Waals surface area (Å²) in [5, 5.41) is 17.1. The van der Waals surface area contributed by atoms with Gasteiger partial charge in [-0.1, -0.05) is 18.9 Å². The monoisotopic (exact) mass is 497 g/mol. The first-order valence-corrected chi connectivity index (χ1v) is 9.62. The van der Waals surface area contributed by atoms with Gasteiger partial charge >= 0.3 is 0 Å². The molecule has 1 aromatic rings. The Morgan fingerprint density at radius 1 is 1.31 bits per heavy atom. The van der Waals surface area contributed by atoms with Crippen molar-refractivity contribution >= 4 is 45.6 Å². The SMILES string of the molecule is CN=C(NCCNS(=O)(=O)c1cccc([N+](=O)[O-])c1)NC1CCCC1.I. The third-order valence-corrected chi connectivity index (χ3v) is 5.43. The summed E-state index contributed by atoms with van der Waals surface area (Å²) >= 11 is 0. The molecule has 26 heavy (non-hydrogen) atoms. The lowest BCUT2D eigenvalue weighted by Gasteiger charge is -2.17. The van der Waals surface area contributed by atoms with Gasteiger partial charge in [0, 0.05) is 38.3 Å². The summed E-state index contributed by atoms with van der Waals surface area (Å²) in [7, 11) is -2.13. The molecule has 1 aliphatic rings. The number of nitro groups is 1. The molecule has 0 bridgehead atoms. The van der Waals surface area contributed by atoms with Crippen molar-refractivity contribution in [3.63, 3.8) is 0 Å². The van der Waals surface area contributed by atoms with Gasteiger partial charge in [0.1, 0.15) is 0 Å². The molecule has 3 N–H and O–H groups in total. The van der Waals surface area contributed by atoms with E-state index in [2.05, 4.69) is 20.3 Å². The van der Waals surface area contributed by atoms with Gasteiger partial charge in [-0.3, -0.25) is 15.1 Å². The molecule has 146 valence electrons. The molecule has 0 atom stereocenters. The molecule has 0 saturated heterocycles. The Kier molecular flexibility index (Phi) is 9.22. The third-order valence-electron chi connectivity index (χ3n) is 3.97. The minimum absolute atomic E-state index is 0. The molecule has 1 aliphatic carbocycles. The lowest BCUT2D eigenvalue weighted by molar-refractivity contribution is -0.385. The van der Waals surface area contributed by atoms with Crippen LogP contribution in [0, 0.1) is 10.1 Å². The highest BCUT2D eigenvalue weighted by molar-refractivity contribution is 14.0. The van der Waals surface area contributed by atoms with Gasteiger partial charge in [-0.25, -0.2) is 13.1 Å². The predicted molar refractivity (Wildman–Crippen MR) is 110 cm³/mol. The Morgan fingerprint density at radius 3 is 2.62 bits per heavy atom. The van der Waals surface area contributed by atoms with Gasteiger partial charge in [0.2, 0.25) is 10.0 Å². The minimum Gasteiger partial charge on any atom is -0.355 e. The average molecular weight is 497 g/mol. The van der Waals surface area contributed by atoms with Crippen LogP contribution in [0.2, 0.25) is 0 Å². The minimum atomic E-state index is -3.80. The first-order valence-electron chi connectivity index (χ1n) is 8.13. The lowest BCUT2D eigenvalue weighted by atomic mass is 10.2. The molecule has 0 spiro atoms. The van der Waals surface area contributed by atoms with Crippen LogP contribution in [0.4, 0.5) is 5.69 Å². The van der Waals surface area contributed by atoms with Crippen LogP contribution in [0.15, 0.2) is 34.2 Å². The maximum absolute atomic E-state index is 12.2. The van der Waals surface area contributed by atoms with Crippen molar-refractivity contribution in [2.75, 3.05) is 20.1 Å². The Bertz CT molecular complexity index is 735. The summed E-state index contributed by atoms with van der Waals surface area (Å²) in [6.07, 6.45) is 4.63. The zero-order chi connectivity index (χ0) is 18.3. The van der Waals surface area contributed by atoms with Gasteiger partial charge in [-0.05, 0) is 18.9 Å². The summed E-state index contributed by atoms with van der Waals surface area (Å²) in [4.78, 5) is 14.1. The van der Waals surface area contributed by atoms with E-state index in [9.17, 15) is 18.5 Å². The summed E-state index contributed by atoms with van der Waals surface area (Å²) in [6.45, 7) is 0.483. The zero-order valence-corrected chi connectivity index (χ0v) is 17.6. The molecule has 0 heterocycles. The number of nitrogens with one attached hydrogen (secondary N) is 3. The molecule has 9 nitrogen and oxygen atoms in total. The molecule has 11 heteroatoms. The Morgan fingerprint density at radius 2 is 2.00 bits per heavy atom. The van der Waals surface area contributed by atoms with E-state index in [0.717, 1.165) is 18.9 Å². The third kappa shape index (κ3) is 6.68. The van der Waals surface area contributed by atoms with Crippen molar-refractivity contribution in [2.24, 2.45) is 4.99 Å². The van der Waals surface area contributed by atoms with E-state index in [4.69, 9.17) is 0 Å². The highest BCUT2D eigenvalue weighted by Gasteiger charge is 2.18. The summed E-state index contributed by atoms with van der Waals surface area (Å²) in [5.41, 5.74) is -0.262. The summed E-state index contributed by atoms with van der Waals surface area (Å²) < 4.78 is 26.8. The van der Waals surface area contributed by atoms with Gasteiger partial charge in [0.05, 0.1) is 9.82 Å². The largest absolute Gasteiger partial charge is 0.355 e. The van der Waals surface area contributed by atoms with Gasteiger partial charge in [0.25, 0.3) is 5.69 Å². The van der Waals surface area contributed by atoms with E-state index in [1.807, 2.05) is 0 Å². The van der Waals surface area contributed by atoms with Crippen LogP contribution in [-0.2, 0) is 10.0 Å². The fourth-order valence-electron chi connectivity index (χ4n) is 2.67. The molecule has 0 unspecified atom stereocenters. The number of sulfonamides is 1. The van der Waals surface area contributed by atoms with Crippen LogP contribution in [0.25, 0.3) is 0 Å². The molecule has 1 fully saturated rings. The average Bonchev–Trinajstić information content (AvgIpc) is 3.10. The maximum Gasteiger partial charge on any atom is 0.270 e. The first-order chi connectivity index (χ1) is 11.9. The van der Waals surface area contributed by atoms with Crippen molar-refractivity contribution in [1.29, 1.82) is 0 Å². The van der Waals surface area contributed by atoms with Crippen LogP contribution in [0.3, 0.4) is 0 Å². The first kappa shape index (κ1) is 22.6. The van der Waals surface area contributed by atoms with E-state index in [0.29, 0.717) is 18.5 Å². The van der Waals surface area contributed by atoms with Crippen molar-refractivity contribution in [2.45, 2.75) is 36.6 Å². The summed E-state index contributed by atoms with van der Waals surface area (Å²) in [5.74, 6) is 0.640. The van der Waals surface area contributed by atoms with Crippen molar-refractivity contribution in [3.8, 4) is 0 Å². The number of benzene rings is 1. The van der Waals surface area contributed by atoms with Gasteiger partial charge in [0.15, 0.2) is 5.96 Å². The number of nitro benzene ring substituents is 1. The predicted octanol–water partition coefficient (Wildman–Crippen LogP) is 1.60. The second-order valence-corrected chi connectivity index (χ2v) is 7.54. The number of non-ortho nitro benzene ring substituents is 1. The number of nitrogens with zero attached hydrogens (tertiary/aromatic N) is 2. The zero-order valence-electron chi connectivity index (χ0n) is 14.5. The fourth-order valence-corrected chi connectivity index (χ4v) is 3.74. The van der Waals surface area contributed by atoms with Crippen LogP contribution in [-0.4, -0.2) is 45.5 Å². The molecule has 1 aromatic carbocycles. The number of rotatable bonds is 7. The van der Waals surface area contributed by atoms with E-state index in [1.54, 1.807) is 7.05 Å². The normalized spacial score (nSPS) is 15.3. The highest BCUT2D eigenvalue weighted by Crippen LogP contribution is 2.18. The number of aliphatic imine (C=N–C) groups is 1. The van der Waals surface area contributed by atoms with E-state index in [-0.39, 0.29) is 41.1 Å². The topological polar surface area (TPSA) is 126 Å². The Labute approximate surface area is 170 Å². The number of hydrogen-bond donors (Lipinski definition) is 3. The molecule has 0 aliphatic heterocycles. The smallest absolute Gasteiger partial charge is 0.270 e. The van der Waals surface area contributed by atoms with Gasteiger partial charge in [-0.2, -0.15) is 0 Å². The Hall–Kier alpha value is -1.47. The second kappa shape index (κ2) is 10.6. The molecule has 0 amide bonds. The molecular weight excluding hydrogens is 473 g/mol. The molecule has 0 aromatic heterocycles. The molecule has 2 rings (SSSR count). The molecular formula is C15H24IN5O4S. The van der Waals surface area contributed by atoms with Crippen molar-refractivity contribution < 1.29 is 13.3 Å². The van der Waals surface area contributed by atoms with Crippen molar-refractivity contribution in [3.05, 3.63) is 34.4 Å². The standard InChI is InChI=1S/C15H23N5O4S.HI/c1-16-15(19-12-5-2-3-6-12)17-9-10-18-25(23,24)14-8-4-7-13(11-14)20(21)22;/h4,7-8,11-12,18H,2-3,5-6,9-10H2,1H3,(H2,16,17,19);1H. The quantitative estimate of drug-likeness (QED) is 0.131. The van der Waals surface area contributed by atoms with Gasteiger partial charge in [-0.15, -0.1) is 24.0 Å².